The maximum atomic E-state index is 12.9. The molecular weight excluding hydrogens is 348 g/mol. The number of hydrogen-bond donors (Lipinski definition) is 2. The second kappa shape index (κ2) is 7.01. The average Bonchev–Trinajstić information content (AvgIpc) is 2.53. The second-order valence-electron chi connectivity index (χ2n) is 6.71. The van der Waals surface area contributed by atoms with Crippen molar-refractivity contribution in [2.24, 2.45) is 0 Å². The third kappa shape index (κ3) is 4.49. The lowest BCUT2D eigenvalue weighted by atomic mass is 10.2. The average molecular weight is 370 g/mol. The van der Waals surface area contributed by atoms with Gasteiger partial charge in [0.1, 0.15) is 5.60 Å². The zero-order valence-electron chi connectivity index (χ0n) is 14.4. The lowest BCUT2D eigenvalue weighted by Crippen LogP contribution is -2.57. The van der Waals surface area contributed by atoms with E-state index in [9.17, 15) is 18.0 Å². The highest BCUT2D eigenvalue weighted by Gasteiger charge is 2.39. The molecule has 2 rings (SSSR count). The summed E-state index contributed by atoms with van der Waals surface area (Å²) in [5.74, 6) is -1.14. The Kier molecular flexibility index (Phi) is 5.38. The molecule has 0 spiro atoms. The van der Waals surface area contributed by atoms with Gasteiger partial charge in [-0.25, -0.2) is 18.0 Å². The molecule has 1 saturated heterocycles. The highest BCUT2D eigenvalue weighted by atomic mass is 32.2. The summed E-state index contributed by atoms with van der Waals surface area (Å²) in [7, 11) is -3.88. The van der Waals surface area contributed by atoms with Gasteiger partial charge in [0.05, 0.1) is 10.5 Å². The molecule has 0 aliphatic carbocycles. The Morgan fingerprint density at radius 2 is 1.84 bits per heavy atom. The Morgan fingerprint density at radius 1 is 1.24 bits per heavy atom. The molecule has 9 heteroatoms. The van der Waals surface area contributed by atoms with Gasteiger partial charge in [-0.15, -0.1) is 0 Å². The third-order valence-electron chi connectivity index (χ3n) is 3.61. The topological polar surface area (TPSA) is 113 Å². The quantitative estimate of drug-likeness (QED) is 0.825. The van der Waals surface area contributed by atoms with Gasteiger partial charge in [-0.05, 0) is 45.0 Å². The van der Waals surface area contributed by atoms with E-state index in [-0.39, 0.29) is 23.5 Å². The van der Waals surface area contributed by atoms with Crippen LogP contribution in [0.4, 0.5) is 4.79 Å². The van der Waals surface area contributed by atoms with Crippen LogP contribution in [0, 0.1) is 0 Å². The molecule has 0 radical (unpaired) electrons. The molecule has 1 amide bonds. The molecule has 1 aromatic rings. The molecule has 1 aromatic carbocycles. The van der Waals surface area contributed by atoms with Gasteiger partial charge in [-0.3, -0.25) is 4.90 Å². The molecule has 8 nitrogen and oxygen atoms in total. The van der Waals surface area contributed by atoms with Crippen molar-refractivity contribution in [3.8, 4) is 0 Å². The van der Waals surface area contributed by atoms with Crippen molar-refractivity contribution < 1.29 is 27.9 Å². The van der Waals surface area contributed by atoms with Crippen LogP contribution in [0.3, 0.4) is 0 Å². The molecule has 1 atom stereocenters. The number of amides is 1. The van der Waals surface area contributed by atoms with Crippen molar-refractivity contribution in [1.82, 2.24) is 10.2 Å². The first-order valence-electron chi connectivity index (χ1n) is 7.80. The predicted molar refractivity (Wildman–Crippen MR) is 90.2 cm³/mol. The fraction of sp³-hybridized carbons (Fsp3) is 0.500. The normalized spacial score (nSPS) is 18.7. The fourth-order valence-electron chi connectivity index (χ4n) is 2.43. The van der Waals surface area contributed by atoms with Gasteiger partial charge < -0.3 is 15.2 Å². The van der Waals surface area contributed by atoms with Crippen molar-refractivity contribution in [3.05, 3.63) is 29.8 Å². The van der Waals surface area contributed by atoms with E-state index in [1.165, 1.54) is 29.2 Å². The number of ether oxygens (including phenoxy) is 1. The molecule has 1 unspecified atom stereocenters. The van der Waals surface area contributed by atoms with E-state index in [1.807, 2.05) is 0 Å². The van der Waals surface area contributed by atoms with Crippen LogP contribution < -0.4 is 5.32 Å². The van der Waals surface area contributed by atoms with E-state index in [4.69, 9.17) is 9.84 Å². The first-order chi connectivity index (χ1) is 11.5. The molecule has 138 valence electrons. The molecule has 1 fully saturated rings. The van der Waals surface area contributed by atoms with Gasteiger partial charge in [0.25, 0.3) is 0 Å². The van der Waals surface area contributed by atoms with Crippen LogP contribution in [0.15, 0.2) is 29.2 Å². The summed E-state index contributed by atoms with van der Waals surface area (Å²) in [4.78, 5) is 24.4. The largest absolute Gasteiger partial charge is 0.478 e. The van der Waals surface area contributed by atoms with Crippen LogP contribution in [0.1, 0.15) is 31.1 Å². The molecule has 25 heavy (non-hydrogen) atoms. The number of carbonyl (C=O) groups is 2. The van der Waals surface area contributed by atoms with E-state index in [1.54, 1.807) is 20.8 Å². The van der Waals surface area contributed by atoms with Gasteiger partial charge in [-0.1, -0.05) is 0 Å². The van der Waals surface area contributed by atoms with Crippen molar-refractivity contribution in [1.29, 1.82) is 0 Å². The van der Waals surface area contributed by atoms with Gasteiger partial charge in [0.2, 0.25) is 9.84 Å². The number of nitrogens with one attached hydrogen (secondary N) is 1. The minimum Gasteiger partial charge on any atom is -0.478 e. The number of carboxylic acid groups (broad SMARTS) is 1. The number of benzene rings is 1. The van der Waals surface area contributed by atoms with Gasteiger partial charge in [0.15, 0.2) is 5.37 Å². The Morgan fingerprint density at radius 3 is 2.36 bits per heavy atom. The summed E-state index contributed by atoms with van der Waals surface area (Å²) in [6.07, 6.45) is -0.690. The van der Waals surface area contributed by atoms with Crippen molar-refractivity contribution in [2.75, 3.05) is 19.6 Å². The van der Waals surface area contributed by atoms with Crippen LogP contribution in [0.5, 0.6) is 0 Å². The summed E-state index contributed by atoms with van der Waals surface area (Å²) in [5, 5.41) is 10.8. The summed E-state index contributed by atoms with van der Waals surface area (Å²) in [6.45, 7) is 5.86. The van der Waals surface area contributed by atoms with Gasteiger partial charge in [-0.2, -0.15) is 0 Å². The number of sulfone groups is 1. The van der Waals surface area contributed by atoms with Crippen LogP contribution in [0.2, 0.25) is 0 Å². The smallest absolute Gasteiger partial charge is 0.411 e. The summed E-state index contributed by atoms with van der Waals surface area (Å²) >= 11 is 0. The monoisotopic (exact) mass is 370 g/mol. The van der Waals surface area contributed by atoms with E-state index in [2.05, 4.69) is 5.32 Å². The van der Waals surface area contributed by atoms with Crippen molar-refractivity contribution in [2.45, 2.75) is 36.6 Å². The standard InChI is InChI=1S/C16H22N2O6S/c1-16(2,3)24-15(21)18-9-8-17-10-13(18)25(22,23)12-6-4-11(5-7-12)14(19)20/h4-7,13,17H,8-10H2,1-3H3,(H,19,20). The zero-order chi connectivity index (χ0) is 18.8. The van der Waals surface area contributed by atoms with Crippen LogP contribution in [0.25, 0.3) is 0 Å². The molecule has 0 saturated carbocycles. The highest BCUT2D eigenvalue weighted by molar-refractivity contribution is 7.92. The first kappa shape index (κ1) is 19.2. The minimum absolute atomic E-state index is 0.00952. The third-order valence-corrected chi connectivity index (χ3v) is 5.68. The summed E-state index contributed by atoms with van der Waals surface area (Å²) in [5.41, 5.74) is -0.746. The number of carbonyl (C=O) groups excluding carboxylic acids is 1. The minimum atomic E-state index is -3.88. The lowest BCUT2D eigenvalue weighted by Gasteiger charge is -2.36. The van der Waals surface area contributed by atoms with Crippen molar-refractivity contribution in [3.63, 3.8) is 0 Å². The van der Waals surface area contributed by atoms with Gasteiger partial charge in [0, 0.05) is 19.6 Å². The van der Waals surface area contributed by atoms with Crippen LogP contribution in [-0.2, 0) is 14.6 Å². The fourth-order valence-corrected chi connectivity index (χ4v) is 4.12. The number of piperazine rings is 1. The Hall–Kier alpha value is -2.13. The van der Waals surface area contributed by atoms with E-state index < -0.39 is 32.9 Å². The number of hydrogen-bond acceptors (Lipinski definition) is 6. The molecule has 0 bridgehead atoms. The number of rotatable bonds is 3. The first-order valence-corrected chi connectivity index (χ1v) is 9.34. The Balaban J connectivity index is 2.31. The molecule has 1 heterocycles. The lowest BCUT2D eigenvalue weighted by molar-refractivity contribution is 0.0193. The van der Waals surface area contributed by atoms with Gasteiger partial charge >= 0.3 is 12.1 Å². The molecular formula is C16H22N2O6S. The van der Waals surface area contributed by atoms with E-state index in [0.717, 1.165) is 0 Å². The molecule has 2 N–H and O–H groups in total. The predicted octanol–water partition coefficient (Wildman–Crippen LogP) is 1.32. The Labute approximate surface area is 146 Å². The van der Waals surface area contributed by atoms with E-state index >= 15 is 0 Å². The van der Waals surface area contributed by atoms with E-state index in [0.29, 0.717) is 6.54 Å². The maximum absolute atomic E-state index is 12.9. The second-order valence-corrected chi connectivity index (χ2v) is 8.81. The Bertz CT molecular complexity index is 752. The SMILES string of the molecule is CC(C)(C)OC(=O)N1CCNCC1S(=O)(=O)c1ccc(C(=O)O)cc1. The molecule has 0 aromatic heterocycles. The summed E-state index contributed by atoms with van der Waals surface area (Å²) < 4.78 is 31.1. The number of aromatic carboxylic acids is 1. The molecule has 1 aliphatic rings. The summed E-state index contributed by atoms with van der Waals surface area (Å²) in [6, 6.07) is 4.92. The zero-order valence-corrected chi connectivity index (χ0v) is 15.2. The van der Waals surface area contributed by atoms with Crippen LogP contribution >= 0.6 is 0 Å². The number of carboxylic acids is 1. The van der Waals surface area contributed by atoms with Crippen LogP contribution in [-0.4, -0.2) is 61.1 Å². The maximum Gasteiger partial charge on any atom is 0.411 e. The molecule has 1 aliphatic heterocycles. The highest BCUT2D eigenvalue weighted by Crippen LogP contribution is 2.23. The number of nitrogens with zero attached hydrogens (tertiary/aromatic N) is 1. The van der Waals surface area contributed by atoms with Crippen molar-refractivity contribution >= 4 is 21.9 Å².